The van der Waals surface area contributed by atoms with Gasteiger partial charge in [0, 0.05) is 31.3 Å². The molecule has 0 bridgehead atoms. The van der Waals surface area contributed by atoms with Gasteiger partial charge in [-0.2, -0.15) is 0 Å². The van der Waals surface area contributed by atoms with Crippen LogP contribution < -0.4 is 10.6 Å². The topological polar surface area (TPSA) is 67.8 Å². The zero-order valence-electron chi connectivity index (χ0n) is 13.9. The van der Waals surface area contributed by atoms with Crippen molar-refractivity contribution in [2.24, 2.45) is 4.99 Å². The highest BCUT2D eigenvalue weighted by atomic mass is 32.1. The number of rotatable bonds is 11. The summed E-state index contributed by atoms with van der Waals surface area (Å²) >= 11 is 1.69. The van der Waals surface area contributed by atoms with E-state index in [0.29, 0.717) is 32.9 Å². The Labute approximate surface area is 137 Å². The highest BCUT2D eigenvalue weighted by Gasteiger charge is 2.01. The van der Waals surface area contributed by atoms with Gasteiger partial charge in [0.15, 0.2) is 5.96 Å². The number of aryl methyl sites for hydroxylation is 1. The molecule has 22 heavy (non-hydrogen) atoms. The Morgan fingerprint density at radius 1 is 1.23 bits per heavy atom. The summed E-state index contributed by atoms with van der Waals surface area (Å²) in [6, 6.07) is 0. The number of guanidine groups is 1. The Morgan fingerprint density at radius 2 is 2.00 bits per heavy atom. The number of nitrogens with one attached hydrogen (secondary N) is 2. The van der Waals surface area contributed by atoms with E-state index < -0.39 is 0 Å². The monoisotopic (exact) mass is 328 g/mol. The van der Waals surface area contributed by atoms with Crippen molar-refractivity contribution in [3.63, 3.8) is 0 Å². The maximum atomic E-state index is 5.49. The zero-order valence-corrected chi connectivity index (χ0v) is 14.7. The number of hydrogen-bond donors (Lipinski definition) is 2. The summed E-state index contributed by atoms with van der Waals surface area (Å²) in [7, 11) is 1.75. The molecule has 0 aliphatic carbocycles. The van der Waals surface area contributed by atoms with E-state index in [1.807, 2.05) is 6.20 Å². The standard InChI is InChI=1S/C15H28N4O2S/c1-4-5-7-20-9-10-21-8-6-17-15(16-3)19-12-14-18-11-13(2)22-14/h11H,4-10,12H2,1-3H3,(H2,16,17,19). The molecule has 0 amide bonds. The lowest BCUT2D eigenvalue weighted by Gasteiger charge is -2.11. The second-order valence-corrected chi connectivity index (χ2v) is 6.11. The van der Waals surface area contributed by atoms with Crippen molar-refractivity contribution in [2.75, 3.05) is 40.0 Å². The minimum atomic E-state index is 0.633. The SMILES string of the molecule is CCCCOCCOCCNC(=NC)NCc1ncc(C)s1. The lowest BCUT2D eigenvalue weighted by Crippen LogP contribution is -2.38. The van der Waals surface area contributed by atoms with Gasteiger partial charge in [0.1, 0.15) is 5.01 Å². The first-order valence-electron chi connectivity index (χ1n) is 7.77. The first kappa shape index (κ1) is 18.9. The number of thiazole rings is 1. The normalized spacial score (nSPS) is 11.7. The minimum Gasteiger partial charge on any atom is -0.379 e. The summed E-state index contributed by atoms with van der Waals surface area (Å²) in [5.74, 6) is 0.760. The van der Waals surface area contributed by atoms with E-state index >= 15 is 0 Å². The van der Waals surface area contributed by atoms with Gasteiger partial charge in [-0.15, -0.1) is 11.3 Å². The van der Waals surface area contributed by atoms with Crippen LogP contribution in [0.25, 0.3) is 0 Å². The van der Waals surface area contributed by atoms with Crippen LogP contribution in [-0.4, -0.2) is 51.0 Å². The second-order valence-electron chi connectivity index (χ2n) is 4.80. The average Bonchev–Trinajstić information content (AvgIpc) is 2.94. The maximum Gasteiger partial charge on any atom is 0.191 e. The molecule has 0 aromatic carbocycles. The first-order chi connectivity index (χ1) is 10.8. The summed E-state index contributed by atoms with van der Waals surface area (Å²) in [5.41, 5.74) is 0. The fourth-order valence-electron chi connectivity index (χ4n) is 1.67. The summed E-state index contributed by atoms with van der Waals surface area (Å²) in [6.07, 6.45) is 4.16. The Balaban J connectivity index is 2.00. The molecular formula is C15H28N4O2S. The van der Waals surface area contributed by atoms with Gasteiger partial charge in [-0.25, -0.2) is 4.98 Å². The van der Waals surface area contributed by atoms with Gasteiger partial charge in [0.05, 0.1) is 26.4 Å². The van der Waals surface area contributed by atoms with Crippen molar-refractivity contribution in [3.8, 4) is 0 Å². The number of aliphatic imine (C=N–C) groups is 1. The van der Waals surface area contributed by atoms with Gasteiger partial charge in [0.25, 0.3) is 0 Å². The third-order valence-electron chi connectivity index (χ3n) is 2.85. The largest absolute Gasteiger partial charge is 0.379 e. The molecule has 6 nitrogen and oxygen atoms in total. The van der Waals surface area contributed by atoms with Crippen molar-refractivity contribution in [3.05, 3.63) is 16.1 Å². The van der Waals surface area contributed by atoms with E-state index in [4.69, 9.17) is 9.47 Å². The van der Waals surface area contributed by atoms with Gasteiger partial charge in [-0.1, -0.05) is 13.3 Å². The molecule has 1 aromatic heterocycles. The van der Waals surface area contributed by atoms with Gasteiger partial charge in [-0.05, 0) is 13.3 Å². The molecule has 1 aromatic rings. The van der Waals surface area contributed by atoms with Crippen LogP contribution in [0.15, 0.2) is 11.2 Å². The number of unbranched alkanes of at least 4 members (excludes halogenated alkanes) is 1. The van der Waals surface area contributed by atoms with Crippen LogP contribution in [0.4, 0.5) is 0 Å². The molecule has 0 saturated carbocycles. The number of aromatic nitrogens is 1. The molecule has 1 heterocycles. The molecule has 0 spiro atoms. The minimum absolute atomic E-state index is 0.633. The van der Waals surface area contributed by atoms with E-state index in [2.05, 4.69) is 34.5 Å². The van der Waals surface area contributed by atoms with Crippen molar-refractivity contribution >= 4 is 17.3 Å². The fourth-order valence-corrected chi connectivity index (χ4v) is 2.40. The van der Waals surface area contributed by atoms with Crippen LogP contribution >= 0.6 is 11.3 Å². The molecule has 126 valence electrons. The van der Waals surface area contributed by atoms with Gasteiger partial charge < -0.3 is 20.1 Å². The third kappa shape index (κ3) is 8.96. The summed E-state index contributed by atoms with van der Waals surface area (Å²) in [5, 5.41) is 7.49. The molecule has 2 N–H and O–H groups in total. The van der Waals surface area contributed by atoms with Crippen LogP contribution in [0, 0.1) is 6.92 Å². The van der Waals surface area contributed by atoms with Crippen LogP contribution in [0.2, 0.25) is 0 Å². The number of hydrogen-bond acceptors (Lipinski definition) is 5. The van der Waals surface area contributed by atoms with Gasteiger partial charge >= 0.3 is 0 Å². The Bertz CT molecular complexity index is 423. The quantitative estimate of drug-likeness (QED) is 0.369. The van der Waals surface area contributed by atoms with E-state index in [0.717, 1.165) is 30.4 Å². The van der Waals surface area contributed by atoms with Crippen molar-refractivity contribution < 1.29 is 9.47 Å². The van der Waals surface area contributed by atoms with Crippen molar-refractivity contribution in [1.82, 2.24) is 15.6 Å². The van der Waals surface area contributed by atoms with Crippen molar-refractivity contribution in [1.29, 1.82) is 0 Å². The predicted molar refractivity (Wildman–Crippen MR) is 91.6 cm³/mol. The van der Waals surface area contributed by atoms with E-state index in [1.165, 1.54) is 4.88 Å². The molecular weight excluding hydrogens is 300 g/mol. The molecule has 0 fully saturated rings. The van der Waals surface area contributed by atoms with Crippen LogP contribution in [0.5, 0.6) is 0 Å². The molecule has 0 aliphatic rings. The van der Waals surface area contributed by atoms with E-state index in [1.54, 1.807) is 18.4 Å². The fraction of sp³-hybridized carbons (Fsp3) is 0.733. The smallest absolute Gasteiger partial charge is 0.191 e. The van der Waals surface area contributed by atoms with Crippen LogP contribution in [-0.2, 0) is 16.0 Å². The highest BCUT2D eigenvalue weighted by molar-refractivity contribution is 7.11. The Hall–Kier alpha value is -1.18. The second kappa shape index (κ2) is 12.4. The Morgan fingerprint density at radius 3 is 2.64 bits per heavy atom. The van der Waals surface area contributed by atoms with Crippen LogP contribution in [0.1, 0.15) is 29.7 Å². The predicted octanol–water partition coefficient (Wildman–Crippen LogP) is 1.95. The lowest BCUT2D eigenvalue weighted by atomic mass is 10.4. The van der Waals surface area contributed by atoms with Gasteiger partial charge in [-0.3, -0.25) is 4.99 Å². The molecule has 0 saturated heterocycles. The highest BCUT2D eigenvalue weighted by Crippen LogP contribution is 2.10. The van der Waals surface area contributed by atoms with E-state index in [9.17, 15) is 0 Å². The zero-order chi connectivity index (χ0) is 16.0. The molecule has 0 atom stereocenters. The summed E-state index contributed by atoms with van der Waals surface area (Å²) in [4.78, 5) is 9.69. The van der Waals surface area contributed by atoms with Gasteiger partial charge in [0.2, 0.25) is 0 Å². The molecule has 0 unspecified atom stereocenters. The summed E-state index contributed by atoms with van der Waals surface area (Å²) in [6.45, 7) is 8.36. The molecule has 0 aliphatic heterocycles. The molecule has 1 rings (SSSR count). The average molecular weight is 328 g/mol. The molecule has 0 radical (unpaired) electrons. The van der Waals surface area contributed by atoms with Crippen molar-refractivity contribution in [2.45, 2.75) is 33.2 Å². The molecule has 7 heteroatoms. The lowest BCUT2D eigenvalue weighted by molar-refractivity contribution is 0.0487. The van der Waals surface area contributed by atoms with Crippen LogP contribution in [0.3, 0.4) is 0 Å². The first-order valence-corrected chi connectivity index (χ1v) is 8.59. The number of ether oxygens (including phenoxy) is 2. The summed E-state index contributed by atoms with van der Waals surface area (Å²) < 4.78 is 10.9. The Kier molecular flexibility index (Phi) is 10.6. The van der Waals surface area contributed by atoms with E-state index in [-0.39, 0.29) is 0 Å². The third-order valence-corrected chi connectivity index (χ3v) is 3.77. The number of nitrogens with zero attached hydrogens (tertiary/aromatic N) is 2. The maximum absolute atomic E-state index is 5.49.